The monoisotopic (exact) mass is 239 g/mol. The number of carbonyl (C=O) groups is 1. The second-order valence-corrected chi connectivity index (χ2v) is 3.48. The maximum absolute atomic E-state index is 10.7. The summed E-state index contributed by atoms with van der Waals surface area (Å²) in [6.45, 7) is 1.80. The van der Waals surface area contributed by atoms with Gasteiger partial charge in [0.25, 0.3) is 0 Å². The van der Waals surface area contributed by atoms with Crippen molar-refractivity contribution in [1.82, 2.24) is 4.98 Å². The van der Waals surface area contributed by atoms with Crippen molar-refractivity contribution in [3.05, 3.63) is 28.4 Å². The Morgan fingerprint density at radius 3 is 2.94 bits per heavy atom. The number of aromatic nitrogens is 1. The van der Waals surface area contributed by atoms with Crippen LogP contribution < -0.4 is 5.32 Å². The molecule has 7 nitrogen and oxygen atoms in total. The lowest BCUT2D eigenvalue weighted by molar-refractivity contribution is -0.384. The van der Waals surface area contributed by atoms with Crippen LogP contribution in [0.1, 0.15) is 19.8 Å². The Bertz CT molecular complexity index is 422. The van der Waals surface area contributed by atoms with Crippen LogP contribution in [0.5, 0.6) is 0 Å². The minimum absolute atomic E-state index is 0.102. The second-order valence-electron chi connectivity index (χ2n) is 3.48. The van der Waals surface area contributed by atoms with Gasteiger partial charge in [0, 0.05) is 18.3 Å². The Kier molecular flexibility index (Phi) is 4.38. The SMILES string of the molecule is CCC(CC(=O)O)Nc1ncccc1[N+](=O)[O-]. The van der Waals surface area contributed by atoms with Crippen LogP contribution in [0.4, 0.5) is 11.5 Å². The first kappa shape index (κ1) is 12.9. The molecule has 0 aliphatic carbocycles. The predicted octanol–water partition coefficient (Wildman–Crippen LogP) is 1.65. The van der Waals surface area contributed by atoms with Gasteiger partial charge in [0.15, 0.2) is 0 Å². The first-order valence-electron chi connectivity index (χ1n) is 5.12. The Morgan fingerprint density at radius 2 is 2.41 bits per heavy atom. The van der Waals surface area contributed by atoms with Crippen molar-refractivity contribution in [1.29, 1.82) is 0 Å². The molecule has 1 atom stereocenters. The number of carboxylic acids is 1. The normalized spacial score (nSPS) is 11.8. The summed E-state index contributed by atoms with van der Waals surface area (Å²) in [5, 5.41) is 22.2. The minimum atomic E-state index is -0.956. The predicted molar refractivity (Wildman–Crippen MR) is 60.8 cm³/mol. The smallest absolute Gasteiger partial charge is 0.311 e. The highest BCUT2D eigenvalue weighted by Gasteiger charge is 2.18. The van der Waals surface area contributed by atoms with Crippen molar-refractivity contribution in [3.8, 4) is 0 Å². The van der Waals surface area contributed by atoms with E-state index in [2.05, 4.69) is 10.3 Å². The summed E-state index contributed by atoms with van der Waals surface area (Å²) in [5.74, 6) is -0.853. The van der Waals surface area contributed by atoms with Crippen molar-refractivity contribution >= 4 is 17.5 Å². The minimum Gasteiger partial charge on any atom is -0.481 e. The molecule has 0 aliphatic heterocycles. The molecule has 1 aromatic rings. The molecule has 7 heteroatoms. The highest BCUT2D eigenvalue weighted by molar-refractivity contribution is 5.68. The van der Waals surface area contributed by atoms with Gasteiger partial charge in [0.05, 0.1) is 11.3 Å². The van der Waals surface area contributed by atoms with E-state index in [1.54, 1.807) is 6.92 Å². The number of nitrogens with one attached hydrogen (secondary N) is 1. The fourth-order valence-corrected chi connectivity index (χ4v) is 1.36. The van der Waals surface area contributed by atoms with Crippen LogP contribution in [0, 0.1) is 10.1 Å². The number of anilines is 1. The van der Waals surface area contributed by atoms with Crippen molar-refractivity contribution < 1.29 is 14.8 Å². The summed E-state index contributed by atoms with van der Waals surface area (Å²) < 4.78 is 0. The summed E-state index contributed by atoms with van der Waals surface area (Å²) in [6, 6.07) is 2.41. The number of aliphatic carboxylic acids is 1. The van der Waals surface area contributed by atoms with Gasteiger partial charge < -0.3 is 10.4 Å². The molecule has 0 bridgehead atoms. The number of pyridine rings is 1. The third kappa shape index (κ3) is 3.71. The molecule has 0 saturated carbocycles. The molecule has 0 aromatic carbocycles. The third-order valence-electron chi connectivity index (χ3n) is 2.24. The van der Waals surface area contributed by atoms with Crippen LogP contribution in [0.15, 0.2) is 18.3 Å². The van der Waals surface area contributed by atoms with Crippen LogP contribution in [0.25, 0.3) is 0 Å². The largest absolute Gasteiger partial charge is 0.481 e. The van der Waals surface area contributed by atoms with Gasteiger partial charge in [-0.25, -0.2) is 4.98 Å². The second kappa shape index (κ2) is 5.78. The van der Waals surface area contributed by atoms with E-state index >= 15 is 0 Å². The lowest BCUT2D eigenvalue weighted by Crippen LogP contribution is -2.23. The zero-order chi connectivity index (χ0) is 12.8. The molecular weight excluding hydrogens is 226 g/mol. The van der Waals surface area contributed by atoms with Crippen molar-refractivity contribution in [3.63, 3.8) is 0 Å². The molecular formula is C10H13N3O4. The molecule has 2 N–H and O–H groups in total. The maximum atomic E-state index is 10.7. The van der Waals surface area contributed by atoms with Gasteiger partial charge in [-0.15, -0.1) is 0 Å². The van der Waals surface area contributed by atoms with Crippen LogP contribution in [-0.2, 0) is 4.79 Å². The molecule has 1 aromatic heterocycles. The maximum Gasteiger partial charge on any atom is 0.311 e. The van der Waals surface area contributed by atoms with Gasteiger partial charge in [0.2, 0.25) is 5.82 Å². The zero-order valence-corrected chi connectivity index (χ0v) is 9.29. The number of rotatable bonds is 6. The fourth-order valence-electron chi connectivity index (χ4n) is 1.36. The van der Waals surface area contributed by atoms with Gasteiger partial charge >= 0.3 is 11.7 Å². The summed E-state index contributed by atoms with van der Waals surface area (Å²) >= 11 is 0. The molecule has 92 valence electrons. The molecule has 0 saturated heterocycles. The molecule has 1 rings (SSSR count). The van der Waals surface area contributed by atoms with Gasteiger partial charge in [-0.3, -0.25) is 14.9 Å². The highest BCUT2D eigenvalue weighted by Crippen LogP contribution is 2.22. The summed E-state index contributed by atoms with van der Waals surface area (Å²) in [6.07, 6.45) is 1.85. The van der Waals surface area contributed by atoms with Crippen LogP contribution in [-0.4, -0.2) is 27.0 Å². The quantitative estimate of drug-likeness (QED) is 0.577. The van der Waals surface area contributed by atoms with Crippen molar-refractivity contribution in [2.45, 2.75) is 25.8 Å². The van der Waals surface area contributed by atoms with Gasteiger partial charge in [-0.05, 0) is 12.5 Å². The van der Waals surface area contributed by atoms with Gasteiger partial charge in [0.1, 0.15) is 0 Å². The van der Waals surface area contributed by atoms with Crippen molar-refractivity contribution in [2.24, 2.45) is 0 Å². The first-order chi connectivity index (χ1) is 8.04. The molecule has 0 aliphatic rings. The number of hydrogen-bond acceptors (Lipinski definition) is 5. The van der Waals surface area contributed by atoms with Crippen LogP contribution >= 0.6 is 0 Å². The van der Waals surface area contributed by atoms with E-state index in [1.165, 1.54) is 18.3 Å². The Balaban J connectivity index is 2.85. The molecule has 0 amide bonds. The number of carboxylic acid groups (broad SMARTS) is 1. The van der Waals surface area contributed by atoms with E-state index in [1.807, 2.05) is 0 Å². The van der Waals surface area contributed by atoms with E-state index in [-0.39, 0.29) is 24.0 Å². The van der Waals surface area contributed by atoms with Gasteiger partial charge in [-0.1, -0.05) is 6.92 Å². The Labute approximate surface area is 97.6 Å². The third-order valence-corrected chi connectivity index (χ3v) is 2.24. The lowest BCUT2D eigenvalue weighted by atomic mass is 10.1. The van der Waals surface area contributed by atoms with Crippen molar-refractivity contribution in [2.75, 3.05) is 5.32 Å². The number of hydrogen-bond donors (Lipinski definition) is 2. The Morgan fingerprint density at radius 1 is 1.71 bits per heavy atom. The van der Waals surface area contributed by atoms with E-state index in [4.69, 9.17) is 5.11 Å². The summed E-state index contributed by atoms with van der Waals surface area (Å²) in [7, 11) is 0. The van der Waals surface area contributed by atoms with E-state index in [0.29, 0.717) is 6.42 Å². The standard InChI is InChI=1S/C10H13N3O4/c1-2-7(6-9(14)15)12-10-8(13(16)17)4-3-5-11-10/h3-5,7H,2,6H2,1H3,(H,11,12)(H,14,15). The number of nitro groups is 1. The fraction of sp³-hybridized carbons (Fsp3) is 0.400. The van der Waals surface area contributed by atoms with Crippen LogP contribution in [0.2, 0.25) is 0 Å². The van der Waals surface area contributed by atoms with E-state index in [0.717, 1.165) is 0 Å². The first-order valence-corrected chi connectivity index (χ1v) is 5.12. The summed E-state index contributed by atoms with van der Waals surface area (Å²) in [4.78, 5) is 24.6. The molecule has 0 fully saturated rings. The average Bonchev–Trinajstić information content (AvgIpc) is 2.28. The molecule has 1 heterocycles. The average molecular weight is 239 g/mol. The molecule has 17 heavy (non-hydrogen) atoms. The Hall–Kier alpha value is -2.18. The highest BCUT2D eigenvalue weighted by atomic mass is 16.6. The lowest BCUT2D eigenvalue weighted by Gasteiger charge is -2.14. The molecule has 1 unspecified atom stereocenters. The molecule has 0 spiro atoms. The number of nitrogens with zero attached hydrogens (tertiary/aromatic N) is 2. The zero-order valence-electron chi connectivity index (χ0n) is 9.29. The molecule has 0 radical (unpaired) electrons. The van der Waals surface area contributed by atoms with Crippen LogP contribution in [0.3, 0.4) is 0 Å². The summed E-state index contributed by atoms with van der Waals surface area (Å²) in [5.41, 5.74) is -0.156. The van der Waals surface area contributed by atoms with Gasteiger partial charge in [-0.2, -0.15) is 0 Å². The topological polar surface area (TPSA) is 105 Å². The van der Waals surface area contributed by atoms with E-state index in [9.17, 15) is 14.9 Å². The van der Waals surface area contributed by atoms with E-state index < -0.39 is 10.9 Å².